The minimum atomic E-state index is -4.75. The Labute approximate surface area is 240 Å². The Bertz CT molecular complexity index is 1590. The van der Waals surface area contributed by atoms with Crippen LogP contribution in [-0.4, -0.2) is 86.9 Å². The molecule has 0 bridgehead atoms. The number of alkyl halides is 3. The van der Waals surface area contributed by atoms with Gasteiger partial charge < -0.3 is 19.5 Å². The molecule has 1 fully saturated rings. The number of piperazine rings is 1. The van der Waals surface area contributed by atoms with Gasteiger partial charge >= 0.3 is 6.18 Å². The fourth-order valence-electron chi connectivity index (χ4n) is 5.55. The van der Waals surface area contributed by atoms with Gasteiger partial charge in [-0.25, -0.2) is 14.5 Å². The van der Waals surface area contributed by atoms with E-state index in [1.165, 1.54) is 21.1 Å². The monoisotopic (exact) mass is 584 g/mol. The molecule has 1 aliphatic heterocycles. The lowest BCUT2D eigenvalue weighted by Crippen LogP contribution is -2.55. The molecule has 0 unspecified atom stereocenters. The van der Waals surface area contributed by atoms with Crippen molar-refractivity contribution in [2.45, 2.75) is 32.1 Å². The van der Waals surface area contributed by atoms with Crippen LogP contribution in [0.25, 0.3) is 16.9 Å². The van der Waals surface area contributed by atoms with Gasteiger partial charge in [0.1, 0.15) is 11.3 Å². The molecule has 2 atom stereocenters. The molecule has 13 heteroatoms. The number of hydrogen-bond acceptors (Lipinski definition) is 8. The van der Waals surface area contributed by atoms with Gasteiger partial charge in [0.15, 0.2) is 11.3 Å². The molecule has 1 N–H and O–H groups in total. The minimum absolute atomic E-state index is 0.0248. The number of carbonyl (C=O) groups excluding carboxylic acids is 1. The molecule has 0 aliphatic carbocycles. The number of nitrogens with zero attached hydrogens (tertiary/aromatic N) is 6. The van der Waals surface area contributed by atoms with Crippen molar-refractivity contribution in [2.75, 3.05) is 40.5 Å². The number of benzene rings is 1. The second-order valence-electron chi connectivity index (χ2n) is 10.1. The Hall–Kier alpha value is -4.23. The topological polar surface area (TPSA) is 105 Å². The predicted octanol–water partition coefficient (Wildman–Crippen LogP) is 4.02. The fraction of sp³-hybridized carbons (Fsp3) is 0.379. The Morgan fingerprint density at radius 1 is 1.14 bits per heavy atom. The fourth-order valence-corrected chi connectivity index (χ4v) is 5.55. The normalized spacial score (nSPS) is 17.0. The summed E-state index contributed by atoms with van der Waals surface area (Å²) in [5.41, 5.74) is -0.0289. The first-order valence-corrected chi connectivity index (χ1v) is 13.3. The molecule has 222 valence electrons. The van der Waals surface area contributed by atoms with Crippen molar-refractivity contribution in [1.82, 2.24) is 29.4 Å². The maximum absolute atomic E-state index is 14.3. The Kier molecular flexibility index (Phi) is 8.06. The lowest BCUT2D eigenvalue weighted by atomic mass is 10.0. The first-order valence-electron chi connectivity index (χ1n) is 13.3. The highest BCUT2D eigenvalue weighted by atomic mass is 19.4. The van der Waals surface area contributed by atoms with Crippen LogP contribution in [0.1, 0.15) is 40.1 Å². The molecule has 0 radical (unpaired) electrons. The van der Waals surface area contributed by atoms with Crippen molar-refractivity contribution in [1.29, 1.82) is 0 Å². The number of fused-ring (bicyclic) bond motifs is 1. The third-order valence-corrected chi connectivity index (χ3v) is 7.63. The van der Waals surface area contributed by atoms with E-state index >= 15 is 0 Å². The second kappa shape index (κ2) is 11.6. The lowest BCUT2D eigenvalue weighted by molar-refractivity contribution is -0.143. The minimum Gasteiger partial charge on any atom is -0.497 e. The molecule has 1 aliphatic rings. The van der Waals surface area contributed by atoms with Crippen molar-refractivity contribution in [2.24, 2.45) is 0 Å². The van der Waals surface area contributed by atoms with Crippen molar-refractivity contribution < 1.29 is 32.5 Å². The van der Waals surface area contributed by atoms with Crippen LogP contribution in [0.15, 0.2) is 48.8 Å². The maximum atomic E-state index is 14.3. The first kappa shape index (κ1) is 29.3. The molecule has 1 aromatic carbocycles. The molecule has 3 aromatic heterocycles. The van der Waals surface area contributed by atoms with Crippen molar-refractivity contribution in [3.05, 3.63) is 71.2 Å². The molecular formula is C29H31F3N6O4. The van der Waals surface area contributed by atoms with Gasteiger partial charge in [0, 0.05) is 48.6 Å². The predicted molar refractivity (Wildman–Crippen MR) is 147 cm³/mol. The molecule has 10 nitrogen and oxygen atoms in total. The maximum Gasteiger partial charge on any atom is 0.433 e. The van der Waals surface area contributed by atoms with Gasteiger partial charge in [-0.05, 0) is 44.2 Å². The van der Waals surface area contributed by atoms with Crippen LogP contribution in [0.3, 0.4) is 0 Å². The SMILES string of the molecule is COc1ccc(-c2nc3c(C(=O)N4CCN([C@@H](CO)c5cccnc5OC)C[C@H]4C)cnn3c(C(F)(F)F)c2C)cc1. The van der Waals surface area contributed by atoms with E-state index in [9.17, 15) is 23.1 Å². The van der Waals surface area contributed by atoms with Crippen LogP contribution < -0.4 is 9.47 Å². The van der Waals surface area contributed by atoms with Crippen molar-refractivity contribution >= 4 is 11.6 Å². The molecule has 42 heavy (non-hydrogen) atoms. The lowest BCUT2D eigenvalue weighted by Gasteiger charge is -2.43. The third kappa shape index (κ3) is 5.25. The van der Waals surface area contributed by atoms with Gasteiger partial charge in [-0.15, -0.1) is 0 Å². The molecule has 0 saturated carbocycles. The van der Waals surface area contributed by atoms with Crippen LogP contribution in [0, 0.1) is 6.92 Å². The van der Waals surface area contributed by atoms with Gasteiger partial charge in [-0.1, -0.05) is 6.07 Å². The summed E-state index contributed by atoms with van der Waals surface area (Å²) in [4.78, 5) is 26.2. The molecule has 4 heterocycles. The smallest absolute Gasteiger partial charge is 0.433 e. The number of pyridine rings is 1. The van der Waals surface area contributed by atoms with E-state index in [1.54, 1.807) is 41.4 Å². The third-order valence-electron chi connectivity index (χ3n) is 7.63. The Morgan fingerprint density at radius 3 is 2.50 bits per heavy atom. The van der Waals surface area contributed by atoms with Crippen LogP contribution in [0.2, 0.25) is 0 Å². The van der Waals surface area contributed by atoms with Crippen LogP contribution in [0.4, 0.5) is 13.2 Å². The van der Waals surface area contributed by atoms with Gasteiger partial charge in [-0.2, -0.15) is 18.3 Å². The van der Waals surface area contributed by atoms with Crippen LogP contribution >= 0.6 is 0 Å². The van der Waals surface area contributed by atoms with Crippen LogP contribution in [-0.2, 0) is 6.18 Å². The number of hydrogen-bond donors (Lipinski definition) is 1. The zero-order chi connectivity index (χ0) is 30.2. The Morgan fingerprint density at radius 2 is 1.88 bits per heavy atom. The Balaban J connectivity index is 1.48. The number of amides is 1. The largest absolute Gasteiger partial charge is 0.497 e. The van der Waals surface area contributed by atoms with Gasteiger partial charge in [0.05, 0.1) is 38.8 Å². The summed E-state index contributed by atoms with van der Waals surface area (Å²) in [7, 11) is 3.01. The van der Waals surface area contributed by atoms with E-state index in [0.29, 0.717) is 34.8 Å². The van der Waals surface area contributed by atoms with E-state index in [2.05, 4.69) is 15.1 Å². The van der Waals surface area contributed by atoms with Gasteiger partial charge in [-0.3, -0.25) is 9.69 Å². The number of aliphatic hydroxyl groups is 1. The molecule has 1 amide bonds. The number of carbonyl (C=O) groups is 1. The van der Waals surface area contributed by atoms with Crippen molar-refractivity contribution in [3.8, 4) is 22.9 Å². The highest BCUT2D eigenvalue weighted by Gasteiger charge is 2.40. The molecular weight excluding hydrogens is 553 g/mol. The average molecular weight is 585 g/mol. The molecule has 0 spiro atoms. The summed E-state index contributed by atoms with van der Waals surface area (Å²) in [6.45, 7) is 4.11. The van der Waals surface area contributed by atoms with Crippen LogP contribution in [0.5, 0.6) is 11.6 Å². The molecule has 5 rings (SSSR count). The molecule has 1 saturated heterocycles. The molecule has 4 aromatic rings. The van der Waals surface area contributed by atoms with E-state index in [4.69, 9.17) is 9.47 Å². The van der Waals surface area contributed by atoms with Crippen molar-refractivity contribution in [3.63, 3.8) is 0 Å². The summed E-state index contributed by atoms with van der Waals surface area (Å²) in [5.74, 6) is 0.484. The van der Waals surface area contributed by atoms with E-state index < -0.39 is 23.8 Å². The zero-order valence-electron chi connectivity index (χ0n) is 23.6. The highest BCUT2D eigenvalue weighted by Crippen LogP contribution is 2.37. The second-order valence-corrected chi connectivity index (χ2v) is 10.1. The zero-order valence-corrected chi connectivity index (χ0v) is 23.6. The van der Waals surface area contributed by atoms with E-state index in [0.717, 1.165) is 11.8 Å². The highest BCUT2D eigenvalue weighted by molar-refractivity contribution is 6.00. The van der Waals surface area contributed by atoms with Gasteiger partial charge in [0.2, 0.25) is 5.88 Å². The van der Waals surface area contributed by atoms with Gasteiger partial charge in [0.25, 0.3) is 5.91 Å². The summed E-state index contributed by atoms with van der Waals surface area (Å²) in [5, 5.41) is 14.2. The average Bonchev–Trinajstić information content (AvgIpc) is 3.39. The number of methoxy groups -OCH3 is 2. The summed E-state index contributed by atoms with van der Waals surface area (Å²) < 4.78 is 54.2. The number of aromatic nitrogens is 4. The number of ether oxygens (including phenoxy) is 2. The quantitative estimate of drug-likeness (QED) is 0.348. The first-order chi connectivity index (χ1) is 20.1. The summed E-state index contributed by atoms with van der Waals surface area (Å²) in [6.07, 6.45) is -2.00. The number of rotatable bonds is 7. The van der Waals surface area contributed by atoms with E-state index in [-0.39, 0.29) is 41.7 Å². The standard InChI is InChI=1S/C29H31F3N6O4/c1-17-15-36(23(16-39)21-6-5-11-33-27(21)42-4)12-13-37(17)28(40)22-14-34-38-25(29(30,31)32)18(2)24(35-26(22)38)19-7-9-20(41-3)10-8-19/h5-11,14,17,23,39H,12-13,15-16H2,1-4H3/t17-,23+/m1/s1. The van der Waals surface area contributed by atoms with E-state index in [1.807, 2.05) is 17.9 Å². The summed E-state index contributed by atoms with van der Waals surface area (Å²) in [6, 6.07) is 9.38. The number of aliphatic hydroxyl groups excluding tert-OH is 1. The summed E-state index contributed by atoms with van der Waals surface area (Å²) >= 11 is 0. The number of halogens is 3.